The summed E-state index contributed by atoms with van der Waals surface area (Å²) >= 11 is 0.955. The smallest absolute Gasteiger partial charge is 0.288 e. The Morgan fingerprint density at radius 2 is 1.57 bits per heavy atom. The molecule has 1 rings (SSSR count). The van der Waals surface area contributed by atoms with Crippen molar-refractivity contribution in [2.24, 2.45) is 17.6 Å². The van der Waals surface area contributed by atoms with Crippen molar-refractivity contribution in [2.45, 2.75) is 73.1 Å². The summed E-state index contributed by atoms with van der Waals surface area (Å²) in [6, 6.07) is 0. The van der Waals surface area contributed by atoms with Gasteiger partial charge < -0.3 is 11.1 Å². The molecule has 0 saturated heterocycles. The van der Waals surface area contributed by atoms with Crippen LogP contribution < -0.4 is 11.1 Å². The average molecular weight is 418 g/mol. The highest BCUT2D eigenvalue weighted by Gasteiger charge is 2.29. The van der Waals surface area contributed by atoms with Crippen LogP contribution in [0.2, 0.25) is 0 Å². The minimum absolute atomic E-state index is 0.0298. The fourth-order valence-electron chi connectivity index (χ4n) is 2.86. The minimum Gasteiger partial charge on any atom is -0.370 e. The van der Waals surface area contributed by atoms with Gasteiger partial charge in [-0.2, -0.15) is 0 Å². The van der Waals surface area contributed by atoms with Crippen LogP contribution >= 0.6 is 11.8 Å². The van der Waals surface area contributed by atoms with E-state index in [-0.39, 0.29) is 47.5 Å². The maximum Gasteiger partial charge on any atom is 0.288 e. The molecule has 4 amide bonds. The number of carbonyl (C=O) groups excluding carboxylic acids is 4. The number of primary amides is 1. The third kappa shape index (κ3) is 11.3. The monoisotopic (exact) mass is 417 g/mol. The molecule has 0 aromatic carbocycles. The van der Waals surface area contributed by atoms with E-state index in [4.69, 9.17) is 5.73 Å². The third-order valence-corrected chi connectivity index (χ3v) is 5.18. The summed E-state index contributed by atoms with van der Waals surface area (Å²) in [7, 11) is 1.64. The summed E-state index contributed by atoms with van der Waals surface area (Å²) in [5, 5.41) is 2.35. The summed E-state index contributed by atoms with van der Waals surface area (Å²) < 4.78 is 0. The number of carbonyl (C=O) groups is 4. The van der Waals surface area contributed by atoms with Crippen LogP contribution in [0.15, 0.2) is 0 Å². The molecular formula is C20H39N3O4S. The maximum absolute atomic E-state index is 12.3. The van der Waals surface area contributed by atoms with E-state index in [1.54, 1.807) is 14.0 Å². The van der Waals surface area contributed by atoms with Crippen LogP contribution in [0.4, 0.5) is 4.79 Å². The number of nitrogens with one attached hydrogen (secondary N) is 1. The van der Waals surface area contributed by atoms with Crippen molar-refractivity contribution in [1.29, 1.82) is 0 Å². The number of rotatable bonds is 7. The molecule has 0 aromatic rings. The summed E-state index contributed by atoms with van der Waals surface area (Å²) in [4.78, 5) is 48.1. The molecule has 1 aliphatic carbocycles. The molecule has 0 bridgehead atoms. The van der Waals surface area contributed by atoms with Gasteiger partial charge in [0.2, 0.25) is 17.7 Å². The largest absolute Gasteiger partial charge is 0.370 e. The van der Waals surface area contributed by atoms with Crippen LogP contribution in [0.5, 0.6) is 0 Å². The molecule has 28 heavy (non-hydrogen) atoms. The zero-order valence-electron chi connectivity index (χ0n) is 18.4. The van der Waals surface area contributed by atoms with E-state index in [1.807, 2.05) is 27.7 Å². The Bertz CT molecular complexity index is 478. The Morgan fingerprint density at radius 1 is 1.04 bits per heavy atom. The lowest BCUT2D eigenvalue weighted by Gasteiger charge is -2.31. The quantitative estimate of drug-likeness (QED) is 0.658. The number of amides is 4. The van der Waals surface area contributed by atoms with Crippen LogP contribution in [0.25, 0.3) is 0 Å². The van der Waals surface area contributed by atoms with Gasteiger partial charge in [0.25, 0.3) is 5.24 Å². The first kappa shape index (κ1) is 28.6. The van der Waals surface area contributed by atoms with E-state index in [0.717, 1.165) is 37.4 Å². The van der Waals surface area contributed by atoms with Gasteiger partial charge in [0.05, 0.1) is 0 Å². The minimum atomic E-state index is -0.462. The summed E-state index contributed by atoms with van der Waals surface area (Å²) in [6.07, 6.45) is 3.58. The molecule has 0 spiro atoms. The van der Waals surface area contributed by atoms with Crippen LogP contribution in [0, 0.1) is 11.8 Å². The summed E-state index contributed by atoms with van der Waals surface area (Å²) in [6.45, 7) is 10.1. The van der Waals surface area contributed by atoms with Crippen molar-refractivity contribution in [3.63, 3.8) is 0 Å². The van der Waals surface area contributed by atoms with E-state index in [0.29, 0.717) is 6.54 Å². The first-order chi connectivity index (χ1) is 13.4. The second-order valence-electron chi connectivity index (χ2n) is 6.02. The molecule has 164 valence electrons. The number of nitrogens with two attached hydrogens (primary N) is 1. The molecule has 0 aliphatic heterocycles. The van der Waals surface area contributed by atoms with Gasteiger partial charge in [0, 0.05) is 38.1 Å². The van der Waals surface area contributed by atoms with Crippen molar-refractivity contribution in [3.8, 4) is 0 Å². The lowest BCUT2D eigenvalue weighted by Crippen LogP contribution is -2.40. The molecule has 0 unspecified atom stereocenters. The molecule has 0 atom stereocenters. The van der Waals surface area contributed by atoms with Gasteiger partial charge in [-0.05, 0) is 31.6 Å². The number of nitrogens with zero attached hydrogens (tertiary/aromatic N) is 1. The van der Waals surface area contributed by atoms with Crippen LogP contribution in [0.3, 0.4) is 0 Å². The number of hydrogen-bond acceptors (Lipinski definition) is 5. The fourth-order valence-corrected chi connectivity index (χ4v) is 3.67. The Morgan fingerprint density at radius 3 is 2.00 bits per heavy atom. The highest BCUT2D eigenvalue weighted by molar-refractivity contribution is 8.13. The molecule has 7 nitrogen and oxygen atoms in total. The third-order valence-electron chi connectivity index (χ3n) is 4.30. The van der Waals surface area contributed by atoms with E-state index >= 15 is 0 Å². The second-order valence-corrected chi connectivity index (χ2v) is 7.07. The Labute approximate surface area is 174 Å². The van der Waals surface area contributed by atoms with E-state index in [2.05, 4.69) is 5.32 Å². The first-order valence-electron chi connectivity index (χ1n) is 10.4. The SMILES string of the molecule is CC.CC.CCC(=O)N(CC1CCC(C(=O)NC)CC1)C(=O)SCCC(N)=O. The molecule has 1 fully saturated rings. The highest BCUT2D eigenvalue weighted by Crippen LogP contribution is 2.30. The van der Waals surface area contributed by atoms with E-state index in [9.17, 15) is 19.2 Å². The zero-order valence-corrected chi connectivity index (χ0v) is 19.2. The second kappa shape index (κ2) is 17.5. The number of hydrogen-bond donors (Lipinski definition) is 2. The average Bonchev–Trinajstić information content (AvgIpc) is 2.73. The lowest BCUT2D eigenvalue weighted by atomic mass is 9.81. The normalized spacial score (nSPS) is 17.8. The van der Waals surface area contributed by atoms with Gasteiger partial charge in [-0.3, -0.25) is 24.1 Å². The Hall–Kier alpha value is -1.57. The lowest BCUT2D eigenvalue weighted by molar-refractivity contribution is -0.129. The Balaban J connectivity index is 0. The zero-order chi connectivity index (χ0) is 22.1. The van der Waals surface area contributed by atoms with Crippen molar-refractivity contribution in [1.82, 2.24) is 10.2 Å². The molecule has 8 heteroatoms. The molecule has 0 aromatic heterocycles. The molecule has 1 saturated carbocycles. The van der Waals surface area contributed by atoms with E-state index < -0.39 is 5.91 Å². The van der Waals surface area contributed by atoms with Gasteiger partial charge in [-0.1, -0.05) is 46.4 Å². The van der Waals surface area contributed by atoms with Gasteiger partial charge in [-0.25, -0.2) is 0 Å². The van der Waals surface area contributed by atoms with Crippen LogP contribution in [-0.4, -0.2) is 47.2 Å². The standard InChI is InChI=1S/C16H27N3O4S.2C2H6/c1-3-14(21)19(16(23)24-9-8-13(17)20)10-11-4-6-12(7-5-11)15(22)18-2;2*1-2/h11-12H,3-10H2,1-2H3,(H2,17,20)(H,18,22);2*1-2H3. The number of imide groups is 1. The molecule has 0 radical (unpaired) electrons. The topological polar surface area (TPSA) is 110 Å². The molecule has 1 aliphatic rings. The fraction of sp³-hybridized carbons (Fsp3) is 0.800. The highest BCUT2D eigenvalue weighted by atomic mass is 32.2. The number of thioether (sulfide) groups is 1. The predicted molar refractivity (Wildman–Crippen MR) is 116 cm³/mol. The van der Waals surface area contributed by atoms with Crippen molar-refractivity contribution < 1.29 is 19.2 Å². The summed E-state index contributed by atoms with van der Waals surface area (Å²) in [5.41, 5.74) is 5.06. The van der Waals surface area contributed by atoms with Gasteiger partial charge >= 0.3 is 0 Å². The van der Waals surface area contributed by atoms with Gasteiger partial charge in [-0.15, -0.1) is 0 Å². The predicted octanol–water partition coefficient (Wildman–Crippen LogP) is 3.56. The van der Waals surface area contributed by atoms with E-state index in [1.165, 1.54) is 4.90 Å². The van der Waals surface area contributed by atoms with Gasteiger partial charge in [0.1, 0.15) is 0 Å². The summed E-state index contributed by atoms with van der Waals surface area (Å²) in [5.74, 6) is -0.0704. The molecule has 3 N–H and O–H groups in total. The van der Waals surface area contributed by atoms with Gasteiger partial charge in [0.15, 0.2) is 0 Å². The maximum atomic E-state index is 12.3. The van der Waals surface area contributed by atoms with Crippen LogP contribution in [0.1, 0.15) is 73.1 Å². The first-order valence-corrected chi connectivity index (χ1v) is 11.3. The van der Waals surface area contributed by atoms with Crippen molar-refractivity contribution in [2.75, 3.05) is 19.3 Å². The van der Waals surface area contributed by atoms with Crippen LogP contribution in [-0.2, 0) is 14.4 Å². The Kier molecular flexibility index (Phi) is 17.9. The molecule has 0 heterocycles. The van der Waals surface area contributed by atoms with Crippen molar-refractivity contribution in [3.05, 3.63) is 0 Å². The van der Waals surface area contributed by atoms with Crippen molar-refractivity contribution >= 4 is 34.7 Å². The molecular weight excluding hydrogens is 378 g/mol.